The van der Waals surface area contributed by atoms with E-state index in [1.54, 1.807) is 43.5 Å². The number of amides is 1. The molecule has 0 radical (unpaired) electrons. The Balaban J connectivity index is 1.97. The Hall–Kier alpha value is -3.97. The second-order valence-electron chi connectivity index (χ2n) is 8.15. The van der Waals surface area contributed by atoms with Gasteiger partial charge >= 0.3 is 0 Å². The Kier molecular flexibility index (Phi) is 7.22. The fourth-order valence-electron chi connectivity index (χ4n) is 4.28. The van der Waals surface area contributed by atoms with E-state index in [-0.39, 0.29) is 27.7 Å². The van der Waals surface area contributed by atoms with Gasteiger partial charge in [-0.25, -0.2) is 0 Å². The molecule has 8 heteroatoms. The number of benzene rings is 3. The summed E-state index contributed by atoms with van der Waals surface area (Å²) in [7, 11) is 4.41. The number of carbonyl (C=O) groups is 2. The lowest BCUT2D eigenvalue weighted by atomic mass is 9.94. The lowest BCUT2D eigenvalue weighted by molar-refractivity contribution is -0.132. The zero-order valence-corrected chi connectivity index (χ0v) is 21.1. The van der Waals surface area contributed by atoms with Crippen molar-refractivity contribution < 1.29 is 28.9 Å². The summed E-state index contributed by atoms with van der Waals surface area (Å²) in [6.45, 7) is 2.03. The van der Waals surface area contributed by atoms with Gasteiger partial charge in [-0.15, -0.1) is 0 Å². The molecular formula is C28H26ClNO6. The van der Waals surface area contributed by atoms with Crippen molar-refractivity contribution in [1.29, 1.82) is 0 Å². The first-order chi connectivity index (χ1) is 17.3. The predicted molar refractivity (Wildman–Crippen MR) is 138 cm³/mol. The number of ketones is 1. The first-order valence-electron chi connectivity index (χ1n) is 11.3. The van der Waals surface area contributed by atoms with Crippen LogP contribution in [0.3, 0.4) is 0 Å². The minimum atomic E-state index is -0.894. The fraction of sp³-hybridized carbons (Fsp3) is 0.214. The molecule has 7 nitrogen and oxygen atoms in total. The van der Waals surface area contributed by atoms with Crippen molar-refractivity contribution in [2.75, 3.05) is 26.2 Å². The van der Waals surface area contributed by atoms with E-state index in [0.29, 0.717) is 17.0 Å². The van der Waals surface area contributed by atoms with Crippen LogP contribution in [-0.4, -0.2) is 38.1 Å². The fourth-order valence-corrected chi connectivity index (χ4v) is 4.51. The van der Waals surface area contributed by atoms with Crippen LogP contribution < -0.4 is 19.1 Å². The van der Waals surface area contributed by atoms with Gasteiger partial charge < -0.3 is 19.3 Å². The number of aliphatic hydroxyl groups is 1. The van der Waals surface area contributed by atoms with E-state index in [2.05, 4.69) is 0 Å². The third-order valence-corrected chi connectivity index (χ3v) is 6.52. The van der Waals surface area contributed by atoms with E-state index < -0.39 is 23.5 Å². The number of anilines is 1. The third-order valence-electron chi connectivity index (χ3n) is 6.23. The molecule has 36 heavy (non-hydrogen) atoms. The summed E-state index contributed by atoms with van der Waals surface area (Å²) >= 11 is 6.23. The molecule has 1 saturated heterocycles. The van der Waals surface area contributed by atoms with Crippen LogP contribution in [0.2, 0.25) is 5.02 Å². The molecule has 1 atom stereocenters. The van der Waals surface area contributed by atoms with Crippen molar-refractivity contribution in [2.45, 2.75) is 19.4 Å². The van der Waals surface area contributed by atoms with Gasteiger partial charge in [0.25, 0.3) is 11.7 Å². The normalized spacial score (nSPS) is 16.8. The largest absolute Gasteiger partial charge is 0.507 e. The number of hydrogen-bond donors (Lipinski definition) is 1. The van der Waals surface area contributed by atoms with Gasteiger partial charge in [0.2, 0.25) is 0 Å². The Morgan fingerprint density at radius 1 is 0.917 bits per heavy atom. The Morgan fingerprint density at radius 2 is 1.56 bits per heavy atom. The Labute approximate surface area is 214 Å². The number of halogens is 1. The van der Waals surface area contributed by atoms with E-state index in [1.807, 2.05) is 19.1 Å². The molecule has 1 N–H and O–H groups in total. The number of carbonyl (C=O) groups excluding carboxylic acids is 2. The highest BCUT2D eigenvalue weighted by Crippen LogP contribution is 2.45. The molecule has 1 amide bonds. The van der Waals surface area contributed by atoms with E-state index in [0.717, 1.165) is 12.0 Å². The van der Waals surface area contributed by atoms with Crippen molar-refractivity contribution in [3.63, 3.8) is 0 Å². The number of aliphatic hydroxyl groups excluding tert-OH is 1. The predicted octanol–water partition coefficient (Wildman–Crippen LogP) is 5.55. The quantitative estimate of drug-likeness (QED) is 0.256. The number of aryl methyl sites for hydroxylation is 1. The topological polar surface area (TPSA) is 85.3 Å². The highest BCUT2D eigenvalue weighted by molar-refractivity contribution is 6.51. The maximum atomic E-state index is 13.4. The lowest BCUT2D eigenvalue weighted by Crippen LogP contribution is -2.29. The maximum Gasteiger partial charge on any atom is 0.300 e. The SMILES string of the molecule is CCc1ccc(N2C(=O)C(=O)/C(=C(/O)c3cc(OC)c(Cl)cc3OC)C2c2ccc(OC)cc2)cc1. The maximum absolute atomic E-state index is 13.4. The molecule has 1 aliphatic rings. The van der Waals surface area contributed by atoms with E-state index >= 15 is 0 Å². The van der Waals surface area contributed by atoms with Crippen molar-refractivity contribution in [1.82, 2.24) is 0 Å². The molecule has 186 valence electrons. The van der Waals surface area contributed by atoms with Crippen LogP contribution in [0.15, 0.2) is 66.2 Å². The van der Waals surface area contributed by atoms with Crippen molar-refractivity contribution in [2.24, 2.45) is 0 Å². The van der Waals surface area contributed by atoms with Gasteiger partial charge in [0.15, 0.2) is 0 Å². The summed E-state index contributed by atoms with van der Waals surface area (Å²) in [5.74, 6) is -0.833. The summed E-state index contributed by atoms with van der Waals surface area (Å²) in [6, 6.07) is 16.5. The second-order valence-corrected chi connectivity index (χ2v) is 8.56. The summed E-state index contributed by atoms with van der Waals surface area (Å²) in [5, 5.41) is 11.8. The standard InChI is InChI=1S/C28H26ClNO6/c1-5-16-6-10-18(11-7-16)30-25(17-8-12-19(34-2)13-9-17)24(27(32)28(30)33)26(31)20-14-23(36-4)21(29)15-22(20)35-3/h6-15,25,31H,5H2,1-4H3/b26-24+. The molecule has 3 aromatic rings. The monoisotopic (exact) mass is 507 g/mol. The summed E-state index contributed by atoms with van der Waals surface area (Å²) in [5.41, 5.74) is 2.35. The van der Waals surface area contributed by atoms with E-state index in [9.17, 15) is 14.7 Å². The highest BCUT2D eigenvalue weighted by atomic mass is 35.5. The van der Waals surface area contributed by atoms with Crippen molar-refractivity contribution in [3.05, 3.63) is 87.9 Å². The molecule has 0 saturated carbocycles. The van der Waals surface area contributed by atoms with Crippen molar-refractivity contribution in [3.8, 4) is 17.2 Å². The van der Waals surface area contributed by atoms with Gasteiger partial charge in [0, 0.05) is 11.8 Å². The highest BCUT2D eigenvalue weighted by Gasteiger charge is 2.47. The second kappa shape index (κ2) is 10.3. The van der Waals surface area contributed by atoms with Crippen LogP contribution in [0.1, 0.15) is 29.7 Å². The van der Waals surface area contributed by atoms with Gasteiger partial charge in [-0.1, -0.05) is 42.8 Å². The molecule has 0 bridgehead atoms. The molecule has 0 aliphatic carbocycles. The van der Waals surface area contributed by atoms with Gasteiger partial charge in [-0.3, -0.25) is 14.5 Å². The molecule has 0 spiro atoms. The number of rotatable bonds is 7. The average Bonchev–Trinajstić information content (AvgIpc) is 3.18. The molecule has 1 unspecified atom stereocenters. The molecule has 1 fully saturated rings. The minimum absolute atomic E-state index is 0.0765. The average molecular weight is 508 g/mol. The van der Waals surface area contributed by atoms with Crippen LogP contribution >= 0.6 is 11.6 Å². The number of nitrogens with zero attached hydrogens (tertiary/aromatic N) is 1. The zero-order chi connectivity index (χ0) is 26.0. The Bertz CT molecular complexity index is 1330. The van der Waals surface area contributed by atoms with Crippen LogP contribution in [-0.2, 0) is 16.0 Å². The van der Waals surface area contributed by atoms with E-state index in [4.69, 9.17) is 25.8 Å². The third kappa shape index (κ3) is 4.38. The number of methoxy groups -OCH3 is 3. The number of ether oxygens (including phenoxy) is 3. The van der Waals surface area contributed by atoms with Gasteiger partial charge in [-0.2, -0.15) is 0 Å². The van der Waals surface area contributed by atoms with E-state index in [1.165, 1.54) is 31.3 Å². The number of hydrogen-bond acceptors (Lipinski definition) is 6. The minimum Gasteiger partial charge on any atom is -0.507 e. The van der Waals surface area contributed by atoms with Gasteiger partial charge in [-0.05, 0) is 47.9 Å². The zero-order valence-electron chi connectivity index (χ0n) is 20.4. The smallest absolute Gasteiger partial charge is 0.300 e. The molecular weight excluding hydrogens is 482 g/mol. The van der Waals surface area contributed by atoms with Gasteiger partial charge in [0.05, 0.1) is 43.5 Å². The van der Waals surface area contributed by atoms with Crippen LogP contribution in [0.5, 0.6) is 17.2 Å². The van der Waals surface area contributed by atoms with Crippen LogP contribution in [0.4, 0.5) is 5.69 Å². The molecule has 3 aromatic carbocycles. The Morgan fingerprint density at radius 3 is 2.11 bits per heavy atom. The number of Topliss-reactive ketones (excluding diaryl/α,β-unsaturated/α-hetero) is 1. The summed E-state index contributed by atoms with van der Waals surface area (Å²) in [6.07, 6.45) is 0.833. The van der Waals surface area contributed by atoms with Gasteiger partial charge in [0.1, 0.15) is 23.0 Å². The van der Waals surface area contributed by atoms with Crippen molar-refractivity contribution >= 4 is 34.7 Å². The molecule has 0 aromatic heterocycles. The summed E-state index contributed by atoms with van der Waals surface area (Å²) in [4.78, 5) is 28.2. The first kappa shape index (κ1) is 25.1. The van der Waals surface area contributed by atoms with Crippen LogP contribution in [0, 0.1) is 0 Å². The molecule has 1 aliphatic heterocycles. The molecule has 1 heterocycles. The molecule has 4 rings (SSSR count). The first-order valence-corrected chi connectivity index (χ1v) is 11.7. The van der Waals surface area contributed by atoms with Crippen LogP contribution in [0.25, 0.3) is 5.76 Å². The lowest BCUT2D eigenvalue weighted by Gasteiger charge is -2.26. The summed E-state index contributed by atoms with van der Waals surface area (Å²) < 4.78 is 16.0.